The van der Waals surface area contributed by atoms with Gasteiger partial charge in [0, 0.05) is 6.42 Å². The first-order valence-electron chi connectivity index (χ1n) is 11.5. The molecule has 0 aromatic heterocycles. The third-order valence-electron chi connectivity index (χ3n) is 5.73. The third kappa shape index (κ3) is 9.29. The highest BCUT2D eigenvalue weighted by atomic mass is 16.5. The molecule has 8 heteroatoms. The molecule has 2 rings (SSSR count). The van der Waals surface area contributed by atoms with Gasteiger partial charge in [-0.15, -0.1) is 0 Å². The lowest BCUT2D eigenvalue weighted by Crippen LogP contribution is -2.25. The Balaban J connectivity index is 1.85. The molecule has 0 amide bonds. The van der Waals surface area contributed by atoms with Crippen molar-refractivity contribution in [2.75, 3.05) is 0 Å². The molecule has 8 nitrogen and oxygen atoms in total. The molecule has 0 aliphatic heterocycles. The molecular formula is C27H32N4O4. The van der Waals surface area contributed by atoms with Gasteiger partial charge in [-0.1, -0.05) is 48.5 Å². The quantitative estimate of drug-likeness (QED) is 0.321. The molecule has 0 heterocycles. The summed E-state index contributed by atoms with van der Waals surface area (Å²) in [6, 6.07) is 19.0. The average molecular weight is 477 g/mol. The smallest absolute Gasteiger partial charge is 0.306 e. The van der Waals surface area contributed by atoms with Gasteiger partial charge >= 0.3 is 5.97 Å². The van der Waals surface area contributed by atoms with Crippen molar-refractivity contribution in [3.63, 3.8) is 0 Å². The number of nitriles is 2. The van der Waals surface area contributed by atoms with E-state index in [9.17, 15) is 15.3 Å². The van der Waals surface area contributed by atoms with Crippen LogP contribution in [-0.2, 0) is 35.8 Å². The maximum atomic E-state index is 12.2. The molecule has 2 unspecified atom stereocenters. The molecule has 2 aromatic rings. The van der Waals surface area contributed by atoms with E-state index in [1.165, 1.54) is 0 Å². The fraction of sp³-hybridized carbons (Fsp3) is 0.444. The molecule has 0 aliphatic carbocycles. The minimum atomic E-state index is -1.25. The molecule has 0 saturated carbocycles. The third-order valence-corrected chi connectivity index (χ3v) is 5.73. The summed E-state index contributed by atoms with van der Waals surface area (Å²) in [4.78, 5) is 12.2. The van der Waals surface area contributed by atoms with Crippen LogP contribution in [0.5, 0.6) is 0 Å². The van der Waals surface area contributed by atoms with E-state index >= 15 is 0 Å². The zero-order valence-electron chi connectivity index (χ0n) is 20.3. The zero-order chi connectivity index (χ0) is 25.7. The number of aliphatic hydroxyl groups is 2. The maximum Gasteiger partial charge on any atom is 0.306 e. The molecule has 0 spiro atoms. The van der Waals surface area contributed by atoms with Crippen LogP contribution in [0.25, 0.3) is 0 Å². The molecule has 0 fully saturated rings. The van der Waals surface area contributed by atoms with Crippen LogP contribution >= 0.6 is 0 Å². The Morgan fingerprint density at radius 2 is 1.29 bits per heavy atom. The minimum Gasteiger partial charge on any atom is -0.461 e. The second-order valence-corrected chi connectivity index (χ2v) is 8.93. The Morgan fingerprint density at radius 3 is 1.77 bits per heavy atom. The van der Waals surface area contributed by atoms with E-state index < -0.39 is 17.0 Å². The van der Waals surface area contributed by atoms with Gasteiger partial charge in [-0.25, -0.2) is 0 Å². The van der Waals surface area contributed by atoms with Crippen molar-refractivity contribution in [2.45, 2.75) is 76.9 Å². The van der Waals surface area contributed by atoms with Crippen LogP contribution in [0, 0.1) is 22.7 Å². The molecular weight excluding hydrogens is 444 g/mol. The normalized spacial score (nSPS) is 14.5. The molecule has 35 heavy (non-hydrogen) atoms. The van der Waals surface area contributed by atoms with Crippen molar-refractivity contribution in [2.24, 2.45) is 10.2 Å². The van der Waals surface area contributed by atoms with E-state index in [1.54, 1.807) is 38.1 Å². The lowest BCUT2D eigenvalue weighted by atomic mass is 9.95. The number of nitrogens with zero attached hydrogens (tertiary/aromatic N) is 4. The van der Waals surface area contributed by atoms with Crippen LogP contribution in [0.2, 0.25) is 0 Å². The van der Waals surface area contributed by atoms with E-state index in [4.69, 9.17) is 14.9 Å². The summed E-state index contributed by atoms with van der Waals surface area (Å²) in [6.45, 7) is 3.31. The fourth-order valence-electron chi connectivity index (χ4n) is 3.25. The van der Waals surface area contributed by atoms with Crippen LogP contribution in [0.4, 0.5) is 0 Å². The van der Waals surface area contributed by atoms with E-state index in [2.05, 4.69) is 22.4 Å². The predicted molar refractivity (Wildman–Crippen MR) is 130 cm³/mol. The first kappa shape index (κ1) is 27.7. The average Bonchev–Trinajstić information content (AvgIpc) is 2.90. The Bertz CT molecular complexity index is 1070. The van der Waals surface area contributed by atoms with Gasteiger partial charge < -0.3 is 14.9 Å². The summed E-state index contributed by atoms with van der Waals surface area (Å²) in [5.41, 5.74) is 1.19. The second-order valence-electron chi connectivity index (χ2n) is 8.93. The molecule has 0 aliphatic rings. The van der Waals surface area contributed by atoms with Gasteiger partial charge in [-0.2, -0.15) is 20.8 Å². The molecule has 2 aromatic carbocycles. The van der Waals surface area contributed by atoms with Crippen molar-refractivity contribution in [3.05, 3.63) is 70.8 Å². The topological polar surface area (TPSA) is 139 Å². The first-order chi connectivity index (χ1) is 16.7. The Hall–Kier alpha value is -3.59. The Labute approximate surface area is 206 Å². The number of carbonyl (C=O) groups is 1. The number of ether oxygens (including phenoxy) is 1. The standard InChI is InChI=1S/C27H32N4O4/c1-26(19-28,14-3-4-21-5-7-22(16-32)8-6-21)30-31-27(2,20-29)15-13-25(34)35-18-24-11-9-23(17-33)10-12-24/h5-12,32-33H,3-4,13-18H2,1-2H3. The largest absolute Gasteiger partial charge is 0.461 e. The van der Waals surface area contributed by atoms with Crippen molar-refractivity contribution < 1.29 is 19.7 Å². The van der Waals surface area contributed by atoms with E-state index in [0.717, 1.165) is 28.7 Å². The van der Waals surface area contributed by atoms with Gasteiger partial charge in [0.1, 0.15) is 6.61 Å². The summed E-state index contributed by atoms with van der Waals surface area (Å²) in [7, 11) is 0. The lowest BCUT2D eigenvalue weighted by molar-refractivity contribution is -0.145. The van der Waals surface area contributed by atoms with Crippen molar-refractivity contribution >= 4 is 5.97 Å². The van der Waals surface area contributed by atoms with Gasteiger partial charge in [0.25, 0.3) is 0 Å². The number of rotatable bonds is 13. The Kier molecular flexibility index (Phi) is 10.5. The number of azo groups is 1. The highest BCUT2D eigenvalue weighted by Gasteiger charge is 2.29. The summed E-state index contributed by atoms with van der Waals surface area (Å²) < 4.78 is 5.27. The molecule has 2 atom stereocenters. The van der Waals surface area contributed by atoms with Crippen LogP contribution < -0.4 is 0 Å². The number of hydrogen-bond acceptors (Lipinski definition) is 8. The summed E-state index contributed by atoms with van der Waals surface area (Å²) in [6.07, 6.45) is 2.03. The highest BCUT2D eigenvalue weighted by Crippen LogP contribution is 2.24. The molecule has 0 bridgehead atoms. The van der Waals surface area contributed by atoms with Crippen LogP contribution in [-0.4, -0.2) is 27.3 Å². The van der Waals surface area contributed by atoms with Gasteiger partial charge in [-0.3, -0.25) is 4.79 Å². The molecule has 0 radical (unpaired) electrons. The predicted octanol–water partition coefficient (Wildman–Crippen LogP) is 4.53. The number of aliphatic hydroxyl groups excluding tert-OH is 2. The lowest BCUT2D eigenvalue weighted by Gasteiger charge is -2.19. The summed E-state index contributed by atoms with van der Waals surface area (Å²) in [5.74, 6) is -0.455. The van der Waals surface area contributed by atoms with E-state index in [-0.39, 0.29) is 32.7 Å². The SMILES string of the molecule is CC(C#N)(CCCc1ccc(CO)cc1)N=NC(C)(C#N)CCC(=O)OCc1ccc(CO)cc1. The summed E-state index contributed by atoms with van der Waals surface area (Å²) in [5, 5.41) is 45.8. The second kappa shape index (κ2) is 13.3. The molecule has 2 N–H and O–H groups in total. The minimum absolute atomic E-state index is 0.00175. The van der Waals surface area contributed by atoms with Crippen LogP contribution in [0.3, 0.4) is 0 Å². The maximum absolute atomic E-state index is 12.2. The number of aryl methyl sites for hydroxylation is 1. The number of hydrogen-bond donors (Lipinski definition) is 2. The van der Waals surface area contributed by atoms with Gasteiger partial charge in [0.05, 0.1) is 25.4 Å². The van der Waals surface area contributed by atoms with E-state index in [0.29, 0.717) is 12.8 Å². The van der Waals surface area contributed by atoms with Gasteiger partial charge in [0.2, 0.25) is 0 Å². The molecule has 184 valence electrons. The molecule has 0 saturated heterocycles. The van der Waals surface area contributed by atoms with Crippen molar-refractivity contribution in [3.8, 4) is 12.1 Å². The monoisotopic (exact) mass is 476 g/mol. The van der Waals surface area contributed by atoms with Crippen molar-refractivity contribution in [1.82, 2.24) is 0 Å². The Morgan fingerprint density at radius 1 is 0.829 bits per heavy atom. The number of carbonyl (C=O) groups excluding carboxylic acids is 1. The highest BCUT2D eigenvalue weighted by molar-refractivity contribution is 5.69. The van der Waals surface area contributed by atoms with Gasteiger partial charge in [-0.05, 0) is 61.8 Å². The fourth-order valence-corrected chi connectivity index (χ4v) is 3.25. The first-order valence-corrected chi connectivity index (χ1v) is 11.5. The summed E-state index contributed by atoms with van der Waals surface area (Å²) >= 11 is 0. The zero-order valence-corrected chi connectivity index (χ0v) is 20.3. The van der Waals surface area contributed by atoms with Crippen LogP contribution in [0.15, 0.2) is 58.8 Å². The van der Waals surface area contributed by atoms with Crippen molar-refractivity contribution in [1.29, 1.82) is 10.5 Å². The van der Waals surface area contributed by atoms with Gasteiger partial charge in [0.15, 0.2) is 11.1 Å². The number of esters is 1. The van der Waals surface area contributed by atoms with Crippen LogP contribution in [0.1, 0.15) is 61.8 Å². The van der Waals surface area contributed by atoms with E-state index in [1.807, 2.05) is 24.3 Å². The number of benzene rings is 2.